The summed E-state index contributed by atoms with van der Waals surface area (Å²) in [7, 11) is 0. The first-order chi connectivity index (χ1) is 10.0. The molecule has 1 amide bonds. The molecule has 0 aliphatic heterocycles. The SMILES string of the molecule is NC(=S)COc1cccc(NC(=O)c2ccc(Br)cc2)c1. The summed E-state index contributed by atoms with van der Waals surface area (Å²) in [5, 5.41) is 2.81. The van der Waals surface area contributed by atoms with E-state index in [1.54, 1.807) is 36.4 Å². The Hall–Kier alpha value is -1.92. The summed E-state index contributed by atoms with van der Waals surface area (Å²) in [5.74, 6) is 0.408. The van der Waals surface area contributed by atoms with Gasteiger partial charge in [-0.25, -0.2) is 0 Å². The van der Waals surface area contributed by atoms with E-state index < -0.39 is 0 Å². The largest absolute Gasteiger partial charge is 0.486 e. The van der Waals surface area contributed by atoms with Crippen LogP contribution < -0.4 is 15.8 Å². The molecule has 0 aliphatic rings. The number of thiocarbonyl (C=S) groups is 1. The fourth-order valence-corrected chi connectivity index (χ4v) is 1.95. The lowest BCUT2D eigenvalue weighted by atomic mass is 10.2. The van der Waals surface area contributed by atoms with Gasteiger partial charge in [-0.05, 0) is 36.4 Å². The molecule has 2 rings (SSSR count). The second-order valence-corrected chi connectivity index (χ2v) is 5.68. The highest BCUT2D eigenvalue weighted by Crippen LogP contribution is 2.18. The maximum atomic E-state index is 12.1. The lowest BCUT2D eigenvalue weighted by Crippen LogP contribution is -2.18. The summed E-state index contributed by atoms with van der Waals surface area (Å²) in [4.78, 5) is 12.4. The average molecular weight is 365 g/mol. The number of nitrogens with two attached hydrogens (primary N) is 1. The maximum Gasteiger partial charge on any atom is 0.255 e. The fourth-order valence-electron chi connectivity index (χ4n) is 1.62. The van der Waals surface area contributed by atoms with Gasteiger partial charge in [0.25, 0.3) is 5.91 Å². The summed E-state index contributed by atoms with van der Waals surface area (Å²) < 4.78 is 6.31. The zero-order chi connectivity index (χ0) is 15.2. The highest BCUT2D eigenvalue weighted by atomic mass is 79.9. The van der Waals surface area contributed by atoms with Crippen LogP contribution in [0, 0.1) is 0 Å². The van der Waals surface area contributed by atoms with Crippen molar-refractivity contribution in [3.8, 4) is 5.75 Å². The summed E-state index contributed by atoms with van der Waals surface area (Å²) >= 11 is 8.08. The Labute approximate surface area is 136 Å². The highest BCUT2D eigenvalue weighted by Gasteiger charge is 2.06. The number of benzene rings is 2. The summed E-state index contributed by atoms with van der Waals surface area (Å²) in [6.07, 6.45) is 0. The van der Waals surface area contributed by atoms with Gasteiger partial charge in [0.1, 0.15) is 17.3 Å². The van der Waals surface area contributed by atoms with Gasteiger partial charge in [0, 0.05) is 21.8 Å². The molecule has 21 heavy (non-hydrogen) atoms. The Kier molecular flexibility index (Phi) is 5.30. The monoisotopic (exact) mass is 364 g/mol. The molecular weight excluding hydrogens is 352 g/mol. The molecule has 2 aromatic rings. The quantitative estimate of drug-likeness (QED) is 0.798. The predicted octanol–water partition coefficient (Wildman–Crippen LogP) is 3.37. The predicted molar refractivity (Wildman–Crippen MR) is 90.8 cm³/mol. The van der Waals surface area contributed by atoms with E-state index in [0.29, 0.717) is 17.0 Å². The number of rotatable bonds is 5. The van der Waals surface area contributed by atoms with Crippen molar-refractivity contribution < 1.29 is 9.53 Å². The van der Waals surface area contributed by atoms with Gasteiger partial charge < -0.3 is 15.8 Å². The average Bonchev–Trinajstić information content (AvgIpc) is 2.46. The van der Waals surface area contributed by atoms with Gasteiger partial charge in [-0.15, -0.1) is 0 Å². The van der Waals surface area contributed by atoms with Crippen LogP contribution >= 0.6 is 28.1 Å². The number of carbonyl (C=O) groups is 1. The minimum Gasteiger partial charge on any atom is -0.486 e. The Morgan fingerprint density at radius 1 is 1.24 bits per heavy atom. The fraction of sp³-hybridized carbons (Fsp3) is 0.0667. The van der Waals surface area contributed by atoms with Crippen molar-refractivity contribution in [2.45, 2.75) is 0 Å². The molecule has 3 N–H and O–H groups in total. The topological polar surface area (TPSA) is 64.3 Å². The molecule has 0 spiro atoms. The van der Waals surface area contributed by atoms with Crippen LogP contribution in [0.25, 0.3) is 0 Å². The second-order valence-electron chi connectivity index (χ2n) is 4.24. The lowest BCUT2D eigenvalue weighted by Gasteiger charge is -2.09. The zero-order valence-corrected chi connectivity index (χ0v) is 13.4. The van der Waals surface area contributed by atoms with E-state index in [1.807, 2.05) is 12.1 Å². The van der Waals surface area contributed by atoms with Crippen LogP contribution in [0.15, 0.2) is 53.0 Å². The first kappa shape index (κ1) is 15.5. The van der Waals surface area contributed by atoms with Crippen molar-refractivity contribution in [2.75, 3.05) is 11.9 Å². The number of ether oxygens (including phenoxy) is 1. The van der Waals surface area contributed by atoms with Gasteiger partial charge in [-0.1, -0.05) is 34.2 Å². The third-order valence-electron chi connectivity index (χ3n) is 2.58. The van der Waals surface area contributed by atoms with Crippen LogP contribution in [0.2, 0.25) is 0 Å². The molecule has 0 saturated carbocycles. The molecule has 0 aromatic heterocycles. The molecule has 0 unspecified atom stereocenters. The van der Waals surface area contributed by atoms with Gasteiger partial charge in [0.05, 0.1) is 0 Å². The molecule has 0 saturated heterocycles. The van der Waals surface area contributed by atoms with Gasteiger partial charge in [-0.2, -0.15) is 0 Å². The van der Waals surface area contributed by atoms with Crippen LogP contribution in [0.1, 0.15) is 10.4 Å². The van der Waals surface area contributed by atoms with Crippen LogP contribution in [-0.2, 0) is 0 Å². The molecule has 0 fully saturated rings. The maximum absolute atomic E-state index is 12.1. The van der Waals surface area contributed by atoms with Crippen molar-refractivity contribution in [1.82, 2.24) is 0 Å². The molecular formula is C15H13BrN2O2S. The number of carbonyl (C=O) groups excluding carboxylic acids is 1. The molecule has 108 valence electrons. The lowest BCUT2D eigenvalue weighted by molar-refractivity contribution is 0.102. The molecule has 0 heterocycles. The van der Waals surface area contributed by atoms with Crippen molar-refractivity contribution >= 4 is 44.7 Å². The van der Waals surface area contributed by atoms with Crippen molar-refractivity contribution in [2.24, 2.45) is 5.73 Å². The second kappa shape index (κ2) is 7.19. The van der Waals surface area contributed by atoms with Crippen LogP contribution in [0.3, 0.4) is 0 Å². The number of anilines is 1. The van der Waals surface area contributed by atoms with E-state index in [0.717, 1.165) is 4.47 Å². The zero-order valence-electron chi connectivity index (χ0n) is 11.0. The van der Waals surface area contributed by atoms with Crippen molar-refractivity contribution in [3.63, 3.8) is 0 Å². The first-order valence-corrected chi connectivity index (χ1v) is 7.33. The van der Waals surface area contributed by atoms with Crippen molar-refractivity contribution in [1.29, 1.82) is 0 Å². The van der Waals surface area contributed by atoms with E-state index in [1.165, 1.54) is 0 Å². The van der Waals surface area contributed by atoms with Gasteiger partial charge >= 0.3 is 0 Å². The Morgan fingerprint density at radius 2 is 1.95 bits per heavy atom. The minimum atomic E-state index is -0.186. The number of amides is 1. The van der Waals surface area contributed by atoms with E-state index in [-0.39, 0.29) is 17.5 Å². The number of halogens is 1. The van der Waals surface area contributed by atoms with E-state index >= 15 is 0 Å². The van der Waals surface area contributed by atoms with Gasteiger partial charge in [-0.3, -0.25) is 4.79 Å². The van der Waals surface area contributed by atoms with Crippen LogP contribution in [0.4, 0.5) is 5.69 Å². The number of hydrogen-bond acceptors (Lipinski definition) is 3. The Balaban J connectivity index is 2.05. The van der Waals surface area contributed by atoms with Gasteiger partial charge in [0.2, 0.25) is 0 Å². The third-order valence-corrected chi connectivity index (χ3v) is 3.23. The summed E-state index contributed by atoms with van der Waals surface area (Å²) in [6, 6.07) is 14.2. The molecule has 6 heteroatoms. The Bertz CT molecular complexity index is 659. The van der Waals surface area contributed by atoms with Crippen LogP contribution in [-0.4, -0.2) is 17.5 Å². The van der Waals surface area contributed by atoms with E-state index in [9.17, 15) is 4.79 Å². The molecule has 2 aromatic carbocycles. The minimum absolute atomic E-state index is 0.166. The highest BCUT2D eigenvalue weighted by molar-refractivity contribution is 9.10. The van der Waals surface area contributed by atoms with Gasteiger partial charge in [0.15, 0.2) is 0 Å². The smallest absolute Gasteiger partial charge is 0.255 e. The number of nitrogens with one attached hydrogen (secondary N) is 1. The molecule has 0 bridgehead atoms. The Morgan fingerprint density at radius 3 is 2.62 bits per heavy atom. The van der Waals surface area contributed by atoms with Crippen molar-refractivity contribution in [3.05, 3.63) is 58.6 Å². The van der Waals surface area contributed by atoms with E-state index in [2.05, 4.69) is 21.2 Å². The molecule has 0 aliphatic carbocycles. The molecule has 4 nitrogen and oxygen atoms in total. The third kappa shape index (κ3) is 4.84. The molecule has 0 atom stereocenters. The summed E-state index contributed by atoms with van der Waals surface area (Å²) in [5.41, 5.74) is 6.60. The van der Waals surface area contributed by atoms with E-state index in [4.69, 9.17) is 22.7 Å². The first-order valence-electron chi connectivity index (χ1n) is 6.12. The summed E-state index contributed by atoms with van der Waals surface area (Å²) in [6.45, 7) is 0.166. The number of hydrogen-bond donors (Lipinski definition) is 2. The normalized spacial score (nSPS) is 9.95. The van der Waals surface area contributed by atoms with Crippen LogP contribution in [0.5, 0.6) is 5.75 Å². The standard InChI is InChI=1S/C15H13BrN2O2S/c16-11-6-4-10(5-7-11)15(19)18-12-2-1-3-13(8-12)20-9-14(17)21/h1-8H,9H2,(H2,17,21)(H,18,19). The molecule has 0 radical (unpaired) electrons.